The van der Waals surface area contributed by atoms with Crippen molar-refractivity contribution in [2.45, 2.75) is 89.4 Å². The molecule has 1 aromatic rings. The second kappa shape index (κ2) is 10.1. The van der Waals surface area contributed by atoms with Gasteiger partial charge >= 0.3 is 13.2 Å². The number of benzene rings is 1. The van der Waals surface area contributed by atoms with Gasteiger partial charge in [0.25, 0.3) is 0 Å². The molecular formula is C22H37BN2O6S. The molecule has 0 radical (unpaired) electrons. The Balaban J connectivity index is 1.74. The number of nitrogens with one attached hydrogen (secondary N) is 2. The third-order valence-corrected chi connectivity index (χ3v) is 7.01. The van der Waals surface area contributed by atoms with Gasteiger partial charge in [-0.1, -0.05) is 18.6 Å². The molecule has 0 aromatic heterocycles. The summed E-state index contributed by atoms with van der Waals surface area (Å²) in [7, 11) is -4.12. The zero-order valence-corrected chi connectivity index (χ0v) is 21.1. The van der Waals surface area contributed by atoms with Gasteiger partial charge in [0.2, 0.25) is 10.0 Å². The summed E-state index contributed by atoms with van der Waals surface area (Å²) in [6, 6.07) is 6.57. The molecule has 0 atom stereocenters. The summed E-state index contributed by atoms with van der Waals surface area (Å²) in [4.78, 5) is 11.8. The molecule has 2 N–H and O–H groups in total. The fraction of sp³-hybridized carbons (Fsp3) is 0.682. The molecule has 0 saturated carbocycles. The van der Waals surface area contributed by atoms with Crippen LogP contribution in [0.4, 0.5) is 4.79 Å². The highest BCUT2D eigenvalue weighted by Crippen LogP contribution is 2.36. The lowest BCUT2D eigenvalue weighted by atomic mass is 9.79. The molecule has 8 nitrogen and oxygen atoms in total. The smallest absolute Gasteiger partial charge is 0.444 e. The van der Waals surface area contributed by atoms with Crippen molar-refractivity contribution in [3.8, 4) is 0 Å². The van der Waals surface area contributed by atoms with Crippen molar-refractivity contribution in [2.75, 3.05) is 13.1 Å². The maximum absolute atomic E-state index is 12.5. The number of unbranched alkanes of at least 4 members (excludes halogenated alkanes) is 2. The highest BCUT2D eigenvalue weighted by molar-refractivity contribution is 7.89. The number of ether oxygens (including phenoxy) is 1. The molecule has 2 rings (SSSR count). The normalized spacial score (nSPS) is 17.9. The van der Waals surface area contributed by atoms with Gasteiger partial charge in [-0.3, -0.25) is 0 Å². The van der Waals surface area contributed by atoms with Crippen molar-refractivity contribution in [3.05, 3.63) is 24.3 Å². The lowest BCUT2D eigenvalue weighted by Gasteiger charge is -2.32. The fourth-order valence-electron chi connectivity index (χ4n) is 3.00. The lowest BCUT2D eigenvalue weighted by Crippen LogP contribution is -2.41. The molecule has 0 bridgehead atoms. The highest BCUT2D eigenvalue weighted by atomic mass is 32.2. The number of alkyl carbamates (subject to hydrolysis) is 1. The third-order valence-electron chi connectivity index (χ3n) is 5.53. The summed E-state index contributed by atoms with van der Waals surface area (Å²) in [5, 5.41) is 2.69. The molecule has 32 heavy (non-hydrogen) atoms. The van der Waals surface area contributed by atoms with Crippen molar-refractivity contribution in [1.82, 2.24) is 10.0 Å². The summed E-state index contributed by atoms with van der Waals surface area (Å²) in [6.45, 7) is 14.1. The number of hydrogen-bond acceptors (Lipinski definition) is 6. The van der Waals surface area contributed by atoms with E-state index < -0.39 is 40.0 Å². The van der Waals surface area contributed by atoms with E-state index in [0.29, 0.717) is 19.5 Å². The van der Waals surface area contributed by atoms with E-state index >= 15 is 0 Å². The average Bonchev–Trinajstić information content (AvgIpc) is 2.87. The molecule has 1 saturated heterocycles. The second-order valence-electron chi connectivity index (χ2n) is 10.0. The Hall–Kier alpha value is -1.62. The Morgan fingerprint density at radius 2 is 1.50 bits per heavy atom. The van der Waals surface area contributed by atoms with Gasteiger partial charge in [-0.2, -0.15) is 0 Å². The van der Waals surface area contributed by atoms with Crippen molar-refractivity contribution >= 4 is 28.7 Å². The van der Waals surface area contributed by atoms with Crippen LogP contribution < -0.4 is 15.5 Å². The van der Waals surface area contributed by atoms with E-state index in [2.05, 4.69) is 10.0 Å². The zero-order valence-electron chi connectivity index (χ0n) is 20.3. The van der Waals surface area contributed by atoms with Crippen LogP contribution in [0.1, 0.15) is 67.7 Å². The first-order valence-corrected chi connectivity index (χ1v) is 12.5. The largest absolute Gasteiger partial charge is 0.494 e. The predicted molar refractivity (Wildman–Crippen MR) is 125 cm³/mol. The monoisotopic (exact) mass is 468 g/mol. The minimum Gasteiger partial charge on any atom is -0.444 e. The molecular weight excluding hydrogens is 431 g/mol. The molecule has 10 heteroatoms. The molecule has 1 amide bonds. The van der Waals surface area contributed by atoms with E-state index in [-0.39, 0.29) is 4.90 Å². The van der Waals surface area contributed by atoms with Gasteiger partial charge in [-0.15, -0.1) is 0 Å². The van der Waals surface area contributed by atoms with Crippen LogP contribution in [0.15, 0.2) is 29.2 Å². The first-order chi connectivity index (χ1) is 14.6. The van der Waals surface area contributed by atoms with Crippen LogP contribution >= 0.6 is 0 Å². The SMILES string of the molecule is CC(C)(C)OC(=O)NCCCCCNS(=O)(=O)c1ccc(B2OC(C)(C)C(C)(C)O2)cc1. The van der Waals surface area contributed by atoms with Crippen LogP contribution in [0, 0.1) is 0 Å². The van der Waals surface area contributed by atoms with E-state index in [4.69, 9.17) is 14.0 Å². The molecule has 0 unspecified atom stereocenters. The number of amides is 1. The highest BCUT2D eigenvalue weighted by Gasteiger charge is 2.51. The van der Waals surface area contributed by atoms with Gasteiger partial charge < -0.3 is 19.4 Å². The van der Waals surface area contributed by atoms with E-state index in [9.17, 15) is 13.2 Å². The van der Waals surface area contributed by atoms with E-state index in [1.54, 1.807) is 24.3 Å². The molecule has 1 heterocycles. The van der Waals surface area contributed by atoms with Gasteiger partial charge in [-0.05, 0) is 78.9 Å². The molecule has 1 fully saturated rings. The van der Waals surface area contributed by atoms with E-state index in [1.807, 2.05) is 48.5 Å². The van der Waals surface area contributed by atoms with Crippen molar-refractivity contribution < 1.29 is 27.3 Å². The van der Waals surface area contributed by atoms with Gasteiger partial charge in [0.15, 0.2) is 0 Å². The molecule has 0 spiro atoms. The number of rotatable bonds is 9. The van der Waals surface area contributed by atoms with Crippen LogP contribution in [0.3, 0.4) is 0 Å². The minimum atomic E-state index is -3.59. The summed E-state index contributed by atoms with van der Waals surface area (Å²) in [6.07, 6.45) is 1.74. The average molecular weight is 468 g/mol. The summed E-state index contributed by atoms with van der Waals surface area (Å²) in [5.74, 6) is 0. The first kappa shape index (κ1) is 26.6. The van der Waals surface area contributed by atoms with Gasteiger partial charge in [0, 0.05) is 13.1 Å². The Bertz CT molecular complexity index is 863. The Kier molecular flexibility index (Phi) is 8.42. The lowest BCUT2D eigenvalue weighted by molar-refractivity contribution is 0.00578. The Morgan fingerprint density at radius 1 is 0.969 bits per heavy atom. The number of sulfonamides is 1. The van der Waals surface area contributed by atoms with Crippen LogP contribution in [0.5, 0.6) is 0 Å². The van der Waals surface area contributed by atoms with Crippen molar-refractivity contribution in [1.29, 1.82) is 0 Å². The summed E-state index contributed by atoms with van der Waals surface area (Å²) >= 11 is 0. The Labute approximate surface area is 193 Å². The van der Waals surface area contributed by atoms with Crippen LogP contribution in [-0.2, 0) is 24.1 Å². The number of hydrogen-bond donors (Lipinski definition) is 2. The van der Waals surface area contributed by atoms with Gasteiger partial charge in [0.1, 0.15) is 5.60 Å². The number of carbonyl (C=O) groups excluding carboxylic acids is 1. The van der Waals surface area contributed by atoms with Gasteiger partial charge in [0.05, 0.1) is 16.1 Å². The second-order valence-corrected chi connectivity index (χ2v) is 11.8. The van der Waals surface area contributed by atoms with Crippen molar-refractivity contribution in [2.24, 2.45) is 0 Å². The van der Waals surface area contributed by atoms with E-state index in [0.717, 1.165) is 18.3 Å². The van der Waals surface area contributed by atoms with Crippen molar-refractivity contribution in [3.63, 3.8) is 0 Å². The molecule has 1 aliphatic heterocycles. The van der Waals surface area contributed by atoms with Crippen LogP contribution in [0.25, 0.3) is 0 Å². The quantitative estimate of drug-likeness (QED) is 0.427. The topological polar surface area (TPSA) is 103 Å². The number of carbonyl (C=O) groups is 1. The van der Waals surface area contributed by atoms with Crippen LogP contribution in [-0.4, -0.2) is 51.5 Å². The standard InChI is InChI=1S/C22H37BN2O6S/c1-20(2,3)29-19(26)24-15-9-8-10-16-25-32(27,28)18-13-11-17(12-14-18)23-30-21(4,5)22(6,7)31-23/h11-14,25H,8-10,15-16H2,1-7H3,(H,24,26). The fourth-order valence-corrected chi connectivity index (χ4v) is 4.08. The molecule has 0 aliphatic carbocycles. The maximum atomic E-state index is 12.5. The molecule has 1 aliphatic rings. The van der Waals surface area contributed by atoms with E-state index in [1.165, 1.54) is 0 Å². The maximum Gasteiger partial charge on any atom is 0.494 e. The predicted octanol–water partition coefficient (Wildman–Crippen LogP) is 2.96. The Morgan fingerprint density at radius 3 is 2.03 bits per heavy atom. The first-order valence-electron chi connectivity index (χ1n) is 11.1. The molecule has 180 valence electrons. The summed E-state index contributed by atoms with van der Waals surface area (Å²) in [5.41, 5.74) is -0.649. The minimum absolute atomic E-state index is 0.198. The molecule has 1 aromatic carbocycles. The zero-order chi connectivity index (χ0) is 24.2. The van der Waals surface area contributed by atoms with Crippen LogP contribution in [0.2, 0.25) is 0 Å². The summed E-state index contributed by atoms with van der Waals surface area (Å²) < 4.78 is 44.9. The third kappa shape index (κ3) is 7.47. The van der Waals surface area contributed by atoms with Gasteiger partial charge in [-0.25, -0.2) is 17.9 Å².